The number of nitrogens with one attached hydrogen (secondary N) is 1. The van der Waals surface area contributed by atoms with E-state index in [9.17, 15) is 0 Å². The minimum atomic E-state index is 0.491. The van der Waals surface area contributed by atoms with Crippen molar-refractivity contribution in [2.45, 2.75) is 39.3 Å². The molecule has 1 aliphatic rings. The first-order valence-corrected chi connectivity index (χ1v) is 7.44. The Labute approximate surface area is 118 Å². The molecule has 1 fully saturated rings. The topological polar surface area (TPSA) is 28.2 Å². The highest BCUT2D eigenvalue weighted by atomic mass is 79.9. The average Bonchev–Trinajstić information content (AvgIpc) is 3.10. The zero-order valence-corrected chi connectivity index (χ0v) is 13.0. The molecule has 0 saturated heterocycles. The molecule has 4 heteroatoms. The summed E-state index contributed by atoms with van der Waals surface area (Å²) in [4.78, 5) is 6.87. The van der Waals surface area contributed by atoms with Gasteiger partial charge >= 0.3 is 0 Å². The van der Waals surface area contributed by atoms with Gasteiger partial charge in [0.05, 0.1) is 0 Å². The standard InChI is InChI=1S/C14H22BrN3/c1-10(2)16-7-12-6-13(15)8-17-14(12)18(3)9-11-4-5-11/h6,8,10-11,16H,4-5,7,9H2,1-3H3. The molecular weight excluding hydrogens is 290 g/mol. The third-order valence-corrected chi connectivity index (χ3v) is 3.63. The van der Waals surface area contributed by atoms with Gasteiger partial charge in [0.15, 0.2) is 0 Å². The highest BCUT2D eigenvalue weighted by molar-refractivity contribution is 9.10. The van der Waals surface area contributed by atoms with E-state index in [2.05, 4.69) is 58.1 Å². The van der Waals surface area contributed by atoms with Crippen molar-refractivity contribution in [3.05, 3.63) is 22.3 Å². The molecule has 18 heavy (non-hydrogen) atoms. The highest BCUT2D eigenvalue weighted by Crippen LogP contribution is 2.31. The van der Waals surface area contributed by atoms with Crippen LogP contribution >= 0.6 is 15.9 Å². The second-order valence-corrected chi connectivity index (χ2v) is 6.41. The average molecular weight is 312 g/mol. The molecule has 1 saturated carbocycles. The van der Waals surface area contributed by atoms with Crippen molar-refractivity contribution in [2.24, 2.45) is 5.92 Å². The molecule has 0 radical (unpaired) electrons. The summed E-state index contributed by atoms with van der Waals surface area (Å²) >= 11 is 3.51. The maximum atomic E-state index is 4.58. The first-order valence-electron chi connectivity index (χ1n) is 6.65. The second-order valence-electron chi connectivity index (χ2n) is 5.50. The van der Waals surface area contributed by atoms with Gasteiger partial charge < -0.3 is 10.2 Å². The highest BCUT2D eigenvalue weighted by Gasteiger charge is 2.24. The summed E-state index contributed by atoms with van der Waals surface area (Å²) in [6.07, 6.45) is 4.64. The monoisotopic (exact) mass is 311 g/mol. The van der Waals surface area contributed by atoms with Crippen LogP contribution in [0.5, 0.6) is 0 Å². The Hall–Kier alpha value is -0.610. The first-order chi connectivity index (χ1) is 8.56. The third kappa shape index (κ3) is 3.95. The van der Waals surface area contributed by atoms with E-state index in [1.807, 2.05) is 6.20 Å². The Morgan fingerprint density at radius 3 is 2.83 bits per heavy atom. The van der Waals surface area contributed by atoms with Crippen LogP contribution in [0.25, 0.3) is 0 Å². The van der Waals surface area contributed by atoms with Gasteiger partial charge in [-0.3, -0.25) is 0 Å². The van der Waals surface area contributed by atoms with Crippen molar-refractivity contribution >= 4 is 21.7 Å². The fourth-order valence-corrected chi connectivity index (χ4v) is 2.41. The van der Waals surface area contributed by atoms with Crippen LogP contribution in [-0.4, -0.2) is 24.6 Å². The normalized spacial score (nSPS) is 15.2. The van der Waals surface area contributed by atoms with Gasteiger partial charge in [-0.2, -0.15) is 0 Å². The zero-order valence-electron chi connectivity index (χ0n) is 11.4. The smallest absolute Gasteiger partial charge is 0.132 e. The Balaban J connectivity index is 2.10. The van der Waals surface area contributed by atoms with E-state index in [0.29, 0.717) is 6.04 Å². The van der Waals surface area contributed by atoms with E-state index >= 15 is 0 Å². The summed E-state index contributed by atoms with van der Waals surface area (Å²) in [5, 5.41) is 3.47. The van der Waals surface area contributed by atoms with E-state index < -0.39 is 0 Å². The van der Waals surface area contributed by atoms with Gasteiger partial charge in [0, 0.05) is 42.4 Å². The van der Waals surface area contributed by atoms with Gasteiger partial charge in [-0.1, -0.05) is 13.8 Å². The minimum absolute atomic E-state index is 0.491. The van der Waals surface area contributed by atoms with Crippen molar-refractivity contribution in [2.75, 3.05) is 18.5 Å². The zero-order chi connectivity index (χ0) is 13.1. The quantitative estimate of drug-likeness (QED) is 0.874. The second kappa shape index (κ2) is 6.02. The van der Waals surface area contributed by atoms with Crippen molar-refractivity contribution < 1.29 is 0 Å². The summed E-state index contributed by atoms with van der Waals surface area (Å²) in [7, 11) is 2.15. The molecule has 0 spiro atoms. The van der Waals surface area contributed by atoms with Crippen LogP contribution < -0.4 is 10.2 Å². The lowest BCUT2D eigenvalue weighted by molar-refractivity contribution is 0.586. The molecule has 2 rings (SSSR count). The molecule has 0 unspecified atom stereocenters. The Kier molecular flexibility index (Phi) is 4.62. The van der Waals surface area contributed by atoms with Crippen molar-refractivity contribution in [1.29, 1.82) is 0 Å². The molecule has 1 N–H and O–H groups in total. The number of aromatic nitrogens is 1. The number of anilines is 1. The van der Waals surface area contributed by atoms with E-state index in [1.165, 1.54) is 18.4 Å². The van der Waals surface area contributed by atoms with Crippen LogP contribution in [0.3, 0.4) is 0 Å². The predicted octanol–water partition coefficient (Wildman–Crippen LogP) is 3.19. The number of rotatable bonds is 6. The minimum Gasteiger partial charge on any atom is -0.359 e. The molecule has 0 aliphatic heterocycles. The Bertz CT molecular complexity index is 402. The van der Waals surface area contributed by atoms with E-state index in [0.717, 1.165) is 29.3 Å². The van der Waals surface area contributed by atoms with Crippen LogP contribution in [-0.2, 0) is 6.54 Å². The number of hydrogen-bond donors (Lipinski definition) is 1. The van der Waals surface area contributed by atoms with Gasteiger partial charge in [0.1, 0.15) is 5.82 Å². The largest absolute Gasteiger partial charge is 0.359 e. The number of nitrogens with zero attached hydrogens (tertiary/aromatic N) is 2. The molecule has 1 aliphatic carbocycles. The maximum Gasteiger partial charge on any atom is 0.132 e. The summed E-state index contributed by atoms with van der Waals surface area (Å²) in [6, 6.07) is 2.66. The number of pyridine rings is 1. The summed E-state index contributed by atoms with van der Waals surface area (Å²) in [5.41, 5.74) is 1.27. The molecule has 0 bridgehead atoms. The number of hydrogen-bond acceptors (Lipinski definition) is 3. The van der Waals surface area contributed by atoms with E-state index in [1.54, 1.807) is 0 Å². The molecule has 1 heterocycles. The first kappa shape index (κ1) is 13.8. The summed E-state index contributed by atoms with van der Waals surface area (Å²) < 4.78 is 1.05. The summed E-state index contributed by atoms with van der Waals surface area (Å²) in [6.45, 7) is 6.33. The lowest BCUT2D eigenvalue weighted by atomic mass is 10.2. The lowest BCUT2D eigenvalue weighted by Gasteiger charge is -2.22. The third-order valence-electron chi connectivity index (χ3n) is 3.20. The van der Waals surface area contributed by atoms with Crippen molar-refractivity contribution in [1.82, 2.24) is 10.3 Å². The van der Waals surface area contributed by atoms with Gasteiger partial charge in [-0.25, -0.2) is 4.98 Å². The van der Waals surface area contributed by atoms with Crippen LogP contribution in [0.15, 0.2) is 16.7 Å². The van der Waals surface area contributed by atoms with Gasteiger partial charge in [0.25, 0.3) is 0 Å². The fraction of sp³-hybridized carbons (Fsp3) is 0.643. The SMILES string of the molecule is CC(C)NCc1cc(Br)cnc1N(C)CC1CC1. The van der Waals surface area contributed by atoms with Crippen LogP contribution in [0, 0.1) is 5.92 Å². The van der Waals surface area contributed by atoms with Crippen molar-refractivity contribution in [3.63, 3.8) is 0 Å². The molecule has 1 aromatic heterocycles. The lowest BCUT2D eigenvalue weighted by Crippen LogP contribution is -2.26. The Morgan fingerprint density at radius 2 is 2.22 bits per heavy atom. The summed E-state index contributed by atoms with van der Waals surface area (Å²) in [5.74, 6) is 1.99. The van der Waals surface area contributed by atoms with E-state index in [-0.39, 0.29) is 0 Å². The molecule has 0 aromatic carbocycles. The molecule has 3 nitrogen and oxygen atoms in total. The number of halogens is 1. The molecular formula is C14H22BrN3. The molecule has 0 amide bonds. The Morgan fingerprint density at radius 1 is 1.50 bits per heavy atom. The van der Waals surface area contributed by atoms with E-state index in [4.69, 9.17) is 0 Å². The van der Waals surface area contributed by atoms with Gasteiger partial charge in [-0.05, 0) is 40.8 Å². The fourth-order valence-electron chi connectivity index (χ4n) is 2.04. The van der Waals surface area contributed by atoms with Crippen LogP contribution in [0.4, 0.5) is 5.82 Å². The molecule has 100 valence electrons. The van der Waals surface area contributed by atoms with Crippen LogP contribution in [0.2, 0.25) is 0 Å². The van der Waals surface area contributed by atoms with Gasteiger partial charge in [0.2, 0.25) is 0 Å². The maximum absolute atomic E-state index is 4.58. The molecule has 1 aromatic rings. The van der Waals surface area contributed by atoms with Crippen LogP contribution in [0.1, 0.15) is 32.3 Å². The molecule has 0 atom stereocenters. The predicted molar refractivity (Wildman–Crippen MR) is 79.9 cm³/mol. The van der Waals surface area contributed by atoms with Crippen molar-refractivity contribution in [3.8, 4) is 0 Å². The van der Waals surface area contributed by atoms with Gasteiger partial charge in [-0.15, -0.1) is 0 Å².